The summed E-state index contributed by atoms with van der Waals surface area (Å²) in [6.07, 6.45) is 1.60. The summed E-state index contributed by atoms with van der Waals surface area (Å²) in [6.45, 7) is -3.01. The maximum absolute atomic E-state index is 12.4. The number of hydrogen-bond donors (Lipinski definition) is 2. The number of nitrogens with one attached hydrogen (secondary N) is 2. The van der Waals surface area contributed by atoms with E-state index >= 15 is 0 Å². The van der Waals surface area contributed by atoms with Crippen LogP contribution in [0.4, 0.5) is 13.9 Å². The fraction of sp³-hybridized carbons (Fsp3) is 0.167. The average molecular weight is 423 g/mol. The molecule has 0 spiro atoms. The Balaban J connectivity index is 1.73. The van der Waals surface area contributed by atoms with E-state index in [1.165, 1.54) is 43.8 Å². The van der Waals surface area contributed by atoms with Crippen molar-refractivity contribution in [1.82, 2.24) is 9.97 Å². The number of anilines is 1. The number of alkyl halides is 2. The summed E-state index contributed by atoms with van der Waals surface area (Å²) in [5.74, 6) is -1.18. The molecule has 0 saturated heterocycles. The Morgan fingerprint density at radius 1 is 1.21 bits per heavy atom. The van der Waals surface area contributed by atoms with Crippen molar-refractivity contribution >= 4 is 28.3 Å². The third kappa shape index (κ3) is 4.69. The van der Waals surface area contributed by atoms with Gasteiger partial charge in [-0.05, 0) is 24.3 Å². The van der Waals surface area contributed by atoms with E-state index in [2.05, 4.69) is 24.8 Å². The fourth-order valence-electron chi connectivity index (χ4n) is 2.41. The van der Waals surface area contributed by atoms with E-state index in [-0.39, 0.29) is 22.8 Å². The van der Waals surface area contributed by atoms with Crippen LogP contribution in [0.3, 0.4) is 0 Å². The van der Waals surface area contributed by atoms with Gasteiger partial charge in [-0.2, -0.15) is 8.78 Å². The molecule has 0 aliphatic heterocycles. The highest BCUT2D eigenvalue weighted by molar-refractivity contribution is 7.14. The lowest BCUT2D eigenvalue weighted by Crippen LogP contribution is -2.12. The molecule has 1 aromatic carbocycles. The summed E-state index contributed by atoms with van der Waals surface area (Å²) in [5.41, 5.74) is 1.65. The number of rotatable bonds is 7. The van der Waals surface area contributed by atoms with Gasteiger partial charge in [0.15, 0.2) is 16.6 Å². The second-order valence-electron chi connectivity index (χ2n) is 5.53. The third-order valence-corrected chi connectivity index (χ3v) is 4.51. The molecule has 8 nitrogen and oxygen atoms in total. The minimum atomic E-state index is -3.01. The van der Waals surface area contributed by atoms with Gasteiger partial charge < -0.3 is 19.2 Å². The van der Waals surface area contributed by atoms with Gasteiger partial charge in [-0.25, -0.2) is 9.78 Å². The maximum atomic E-state index is 12.4. The molecule has 3 aromatic rings. The molecular formula is C18H15F2N3O5S. The molecule has 152 valence electrons. The van der Waals surface area contributed by atoms with E-state index in [0.29, 0.717) is 16.4 Å². The minimum absolute atomic E-state index is 0.000408. The van der Waals surface area contributed by atoms with Gasteiger partial charge >= 0.3 is 12.6 Å². The van der Waals surface area contributed by atoms with Crippen LogP contribution in [0.2, 0.25) is 0 Å². The van der Waals surface area contributed by atoms with Crippen LogP contribution < -0.4 is 14.8 Å². The highest BCUT2D eigenvalue weighted by atomic mass is 32.1. The Hall–Kier alpha value is -3.47. The first kappa shape index (κ1) is 20.3. The van der Waals surface area contributed by atoms with Crippen molar-refractivity contribution in [3.8, 4) is 22.8 Å². The normalized spacial score (nSPS) is 10.7. The third-order valence-electron chi connectivity index (χ3n) is 3.75. The quantitative estimate of drug-likeness (QED) is 0.561. The number of nitrogens with zero attached hydrogens (tertiary/aromatic N) is 1. The number of amides is 1. The first-order chi connectivity index (χ1) is 13.9. The topological polar surface area (TPSA) is 103 Å². The minimum Gasteiger partial charge on any atom is -0.493 e. The van der Waals surface area contributed by atoms with Crippen molar-refractivity contribution in [2.24, 2.45) is 0 Å². The zero-order valence-corrected chi connectivity index (χ0v) is 16.0. The first-order valence-corrected chi connectivity index (χ1v) is 8.96. The highest BCUT2D eigenvalue weighted by Crippen LogP contribution is 2.30. The molecule has 2 N–H and O–H groups in total. The lowest BCUT2D eigenvalue weighted by Gasteiger charge is -2.11. The van der Waals surface area contributed by atoms with Crippen LogP contribution in [0.15, 0.2) is 35.8 Å². The molecule has 0 saturated carbocycles. The number of aromatic amines is 1. The Morgan fingerprint density at radius 3 is 2.69 bits per heavy atom. The predicted molar refractivity (Wildman–Crippen MR) is 101 cm³/mol. The molecule has 0 bridgehead atoms. The molecule has 2 aromatic heterocycles. The smallest absolute Gasteiger partial charge is 0.387 e. The molecule has 0 unspecified atom stereocenters. The summed E-state index contributed by atoms with van der Waals surface area (Å²) >= 11 is 1.18. The zero-order chi connectivity index (χ0) is 21.0. The second kappa shape index (κ2) is 8.69. The highest BCUT2D eigenvalue weighted by Gasteiger charge is 2.16. The molecule has 11 heteroatoms. The van der Waals surface area contributed by atoms with E-state index in [0.717, 1.165) is 0 Å². The van der Waals surface area contributed by atoms with Gasteiger partial charge in [-0.1, -0.05) is 0 Å². The van der Waals surface area contributed by atoms with Crippen LogP contribution in [0.1, 0.15) is 20.8 Å². The average Bonchev–Trinajstić information content (AvgIpc) is 3.36. The van der Waals surface area contributed by atoms with Crippen LogP contribution >= 0.6 is 11.3 Å². The summed E-state index contributed by atoms with van der Waals surface area (Å²) in [7, 11) is 2.56. The maximum Gasteiger partial charge on any atom is 0.387 e. The van der Waals surface area contributed by atoms with Gasteiger partial charge in [0.1, 0.15) is 5.69 Å². The monoisotopic (exact) mass is 423 g/mol. The Morgan fingerprint density at radius 2 is 2.00 bits per heavy atom. The molecule has 0 atom stereocenters. The predicted octanol–water partition coefficient (Wildman–Crippen LogP) is 3.79. The lowest BCUT2D eigenvalue weighted by atomic mass is 10.2. The van der Waals surface area contributed by atoms with E-state index in [1.807, 2.05) is 0 Å². The lowest BCUT2D eigenvalue weighted by molar-refractivity contribution is -0.0512. The SMILES string of the molecule is COC(=O)c1cc(-c2csc(NC(=O)c3ccc(OC(F)F)c(OC)c3)n2)c[nH]1. The molecular weight excluding hydrogens is 408 g/mol. The number of esters is 1. The number of methoxy groups -OCH3 is 2. The number of hydrogen-bond acceptors (Lipinski definition) is 7. The van der Waals surface area contributed by atoms with Crippen LogP contribution in [0, 0.1) is 0 Å². The molecule has 3 rings (SSSR count). The fourth-order valence-corrected chi connectivity index (χ4v) is 3.12. The molecule has 0 aliphatic rings. The Bertz CT molecular complexity index is 1030. The van der Waals surface area contributed by atoms with Gasteiger partial charge in [0.2, 0.25) is 0 Å². The first-order valence-electron chi connectivity index (χ1n) is 8.08. The molecule has 2 heterocycles. The number of H-pyrrole nitrogens is 1. The van der Waals surface area contributed by atoms with E-state index in [9.17, 15) is 18.4 Å². The zero-order valence-electron chi connectivity index (χ0n) is 15.2. The van der Waals surface area contributed by atoms with E-state index in [1.54, 1.807) is 17.6 Å². The number of benzene rings is 1. The molecule has 1 amide bonds. The van der Waals surface area contributed by atoms with Crippen molar-refractivity contribution < 1.29 is 32.6 Å². The van der Waals surface area contributed by atoms with Gasteiger partial charge in [-0.3, -0.25) is 10.1 Å². The standard InChI is InChI=1S/C18H15F2N3O5S/c1-26-14-6-9(3-4-13(14)28-17(19)20)15(24)23-18-22-12(8-29-18)10-5-11(21-7-10)16(25)27-2/h3-8,17,21H,1-2H3,(H,22,23,24). The van der Waals surface area contributed by atoms with Crippen LogP contribution in [-0.2, 0) is 4.74 Å². The van der Waals surface area contributed by atoms with Gasteiger partial charge in [0, 0.05) is 22.7 Å². The van der Waals surface area contributed by atoms with Crippen LogP contribution in [0.5, 0.6) is 11.5 Å². The van der Waals surface area contributed by atoms with Crippen molar-refractivity contribution in [3.05, 3.63) is 47.1 Å². The molecule has 0 fully saturated rings. The van der Waals surface area contributed by atoms with Crippen LogP contribution in [-0.4, -0.2) is 42.7 Å². The molecule has 29 heavy (non-hydrogen) atoms. The molecule has 0 radical (unpaired) electrons. The number of thiazole rings is 1. The number of carbonyl (C=O) groups excluding carboxylic acids is 2. The van der Waals surface area contributed by atoms with Gasteiger partial charge in [0.05, 0.1) is 19.9 Å². The summed E-state index contributed by atoms with van der Waals surface area (Å²) in [6, 6.07) is 5.43. The summed E-state index contributed by atoms with van der Waals surface area (Å²) in [5, 5.41) is 4.65. The van der Waals surface area contributed by atoms with Crippen molar-refractivity contribution in [2.75, 3.05) is 19.5 Å². The van der Waals surface area contributed by atoms with Crippen molar-refractivity contribution in [1.29, 1.82) is 0 Å². The Labute approximate surface area is 167 Å². The van der Waals surface area contributed by atoms with Crippen molar-refractivity contribution in [3.63, 3.8) is 0 Å². The van der Waals surface area contributed by atoms with Gasteiger partial charge in [0.25, 0.3) is 5.91 Å². The van der Waals surface area contributed by atoms with Crippen molar-refractivity contribution in [2.45, 2.75) is 6.61 Å². The number of aromatic nitrogens is 2. The molecule has 0 aliphatic carbocycles. The second-order valence-corrected chi connectivity index (χ2v) is 6.39. The van der Waals surface area contributed by atoms with E-state index < -0.39 is 18.5 Å². The summed E-state index contributed by atoms with van der Waals surface area (Å²) in [4.78, 5) is 31.0. The van der Waals surface area contributed by atoms with Crippen LogP contribution in [0.25, 0.3) is 11.3 Å². The largest absolute Gasteiger partial charge is 0.493 e. The summed E-state index contributed by atoms with van der Waals surface area (Å²) < 4.78 is 38.8. The number of carbonyl (C=O) groups is 2. The van der Waals surface area contributed by atoms with E-state index in [4.69, 9.17) is 4.74 Å². The number of ether oxygens (including phenoxy) is 3. The number of halogens is 2. The van der Waals surface area contributed by atoms with Gasteiger partial charge in [-0.15, -0.1) is 11.3 Å². The Kier molecular flexibility index (Phi) is 6.07.